The van der Waals surface area contributed by atoms with E-state index in [1.54, 1.807) is 0 Å². The van der Waals surface area contributed by atoms with Gasteiger partial charge in [-0.25, -0.2) is 4.79 Å². The van der Waals surface area contributed by atoms with Gasteiger partial charge in [0.2, 0.25) is 11.2 Å². The second-order valence-corrected chi connectivity index (χ2v) is 16.4. The van der Waals surface area contributed by atoms with E-state index in [1.807, 2.05) is 0 Å². The van der Waals surface area contributed by atoms with Gasteiger partial charge in [0.25, 0.3) is 0 Å². The maximum Gasteiger partial charge on any atom is 0.336 e. The van der Waals surface area contributed by atoms with Crippen molar-refractivity contribution in [3.63, 3.8) is 0 Å². The first-order chi connectivity index (χ1) is 31.9. The van der Waals surface area contributed by atoms with Gasteiger partial charge in [-0.2, -0.15) is 0 Å². The molecular weight excluding hydrogens is 892 g/mol. The molecule has 4 heterocycles. The number of rotatable bonds is 14. The molecule has 3 fully saturated rings. The lowest BCUT2D eigenvalue weighted by Crippen LogP contribution is -2.63. The summed E-state index contributed by atoms with van der Waals surface area (Å²) in [5, 5.41) is 124. The zero-order valence-electron chi connectivity index (χ0n) is 35.8. The summed E-state index contributed by atoms with van der Waals surface area (Å²) >= 11 is 0. The van der Waals surface area contributed by atoms with Gasteiger partial charge in [0.1, 0.15) is 102 Å². The first-order valence-corrected chi connectivity index (χ1v) is 21.2. The van der Waals surface area contributed by atoms with E-state index in [0.717, 1.165) is 12.1 Å². The third-order valence-electron chi connectivity index (χ3n) is 11.7. The van der Waals surface area contributed by atoms with Crippen LogP contribution in [0.15, 0.2) is 69.9 Å². The van der Waals surface area contributed by atoms with Gasteiger partial charge < -0.3 is 98.9 Å². The van der Waals surface area contributed by atoms with E-state index in [-0.39, 0.29) is 52.6 Å². The normalized spacial score (nSPS) is 32.3. The van der Waals surface area contributed by atoms with Crippen LogP contribution in [-0.4, -0.2) is 179 Å². The highest BCUT2D eigenvalue weighted by Gasteiger charge is 2.50. The van der Waals surface area contributed by atoms with Gasteiger partial charge in [0, 0.05) is 30.2 Å². The Hall–Kier alpha value is -5.44. The molecule has 22 heteroatoms. The zero-order valence-corrected chi connectivity index (χ0v) is 35.8. The number of carbonyl (C=O) groups is 1. The van der Waals surface area contributed by atoms with Crippen LogP contribution in [0.25, 0.3) is 28.4 Å². The lowest BCUT2D eigenvalue weighted by atomic mass is 9.93. The van der Waals surface area contributed by atoms with E-state index in [4.69, 9.17) is 37.6 Å². The number of phenolic OH excluding ortho intramolecular Hbond substituents is 3. The highest BCUT2D eigenvalue weighted by molar-refractivity contribution is 5.90. The van der Waals surface area contributed by atoms with Crippen molar-refractivity contribution in [1.29, 1.82) is 0 Å². The smallest absolute Gasteiger partial charge is 0.336 e. The number of esters is 1. The fourth-order valence-corrected chi connectivity index (χ4v) is 7.91. The van der Waals surface area contributed by atoms with E-state index in [9.17, 15) is 70.9 Å². The van der Waals surface area contributed by atoms with E-state index >= 15 is 0 Å². The second-order valence-electron chi connectivity index (χ2n) is 16.4. The molecule has 0 amide bonds. The Morgan fingerprint density at radius 3 is 2.09 bits per heavy atom. The van der Waals surface area contributed by atoms with E-state index < -0.39 is 134 Å². The minimum Gasteiger partial charge on any atom is -0.507 e. The molecule has 15 atom stereocenters. The van der Waals surface area contributed by atoms with Crippen molar-refractivity contribution in [3.05, 3.63) is 76.5 Å². The van der Waals surface area contributed by atoms with Gasteiger partial charge >= 0.3 is 5.97 Å². The third-order valence-corrected chi connectivity index (χ3v) is 11.7. The number of phenols is 3. The van der Waals surface area contributed by atoms with E-state index in [2.05, 4.69) is 0 Å². The molecular formula is C45H52O22. The molecule has 3 aromatic carbocycles. The number of aliphatic hydroxyl groups is 9. The first kappa shape index (κ1) is 49.5. The number of hydrogen-bond donors (Lipinski definition) is 12. The summed E-state index contributed by atoms with van der Waals surface area (Å²) in [7, 11) is 0. The Bertz CT molecular complexity index is 2460. The van der Waals surface area contributed by atoms with Crippen molar-refractivity contribution in [3.8, 4) is 45.8 Å². The molecule has 3 aliphatic rings. The van der Waals surface area contributed by atoms with Crippen LogP contribution in [0.4, 0.5) is 0 Å². The monoisotopic (exact) mass is 944 g/mol. The van der Waals surface area contributed by atoms with Crippen molar-refractivity contribution in [2.24, 2.45) is 0 Å². The number of fused-ring (bicyclic) bond motifs is 1. The molecule has 0 bridgehead atoms. The molecule has 0 radical (unpaired) electrons. The molecule has 3 saturated heterocycles. The van der Waals surface area contributed by atoms with Crippen LogP contribution in [0.3, 0.4) is 0 Å². The van der Waals surface area contributed by atoms with Gasteiger partial charge in [-0.3, -0.25) is 4.79 Å². The number of carbonyl (C=O) groups excluding carboxylic acids is 1. The SMILES string of the molecule is CC1OC(COc2cc(O)c3c(=O)c(OCCC4OC(C)C(O)C(O)C4O[C@@H]4OC(CO)[C@@H](O)[C@H](O)C4O)c(-c4cccc(OC(=O)/C=C/c5ccc(O)c(O)c5)c4)oc3c2)C(O)C(O)C1O. The quantitative estimate of drug-likeness (QED) is 0.0309. The standard InChI is InChI=1S/C45H52O22/c1-18-33(51)38(56)36(54)30(63-18)17-61-23-14-26(49)32-28(15-23)65-42(21-4-3-5-22(13-21)64-31(50)9-7-20-6-8-24(47)25(48)12-20)44(37(32)55)60-11-10-27-43(40(58)34(52)19(2)62-27)67-45-41(59)39(57)35(53)29(16-46)66-45/h3-9,12-15,18-19,27,29-30,33-36,38-41,43,45-49,51-54,56-59H,10-11,16-17H2,1-2H3/b9-7+/t18?,19?,27?,29?,30?,33?,34?,35-,36?,38?,39+,40?,41?,43?,45+/m1/s1. The van der Waals surface area contributed by atoms with Gasteiger partial charge in [-0.1, -0.05) is 18.2 Å². The summed E-state index contributed by atoms with van der Waals surface area (Å²) in [5.74, 6) is -3.07. The van der Waals surface area contributed by atoms with Crippen LogP contribution in [0, 0.1) is 0 Å². The van der Waals surface area contributed by atoms with Gasteiger partial charge in [0.05, 0.1) is 31.5 Å². The van der Waals surface area contributed by atoms with Crippen molar-refractivity contribution in [1.82, 2.24) is 0 Å². The Morgan fingerprint density at radius 1 is 0.687 bits per heavy atom. The average molecular weight is 945 g/mol. The van der Waals surface area contributed by atoms with Crippen LogP contribution in [0.1, 0.15) is 25.8 Å². The Labute approximate surface area is 380 Å². The number of hydrogen-bond acceptors (Lipinski definition) is 22. The molecule has 4 aromatic rings. The van der Waals surface area contributed by atoms with Gasteiger partial charge in [-0.05, 0) is 49.8 Å². The maximum absolute atomic E-state index is 14.4. The molecule has 12 N–H and O–H groups in total. The van der Waals surface area contributed by atoms with Crippen molar-refractivity contribution in [2.45, 2.75) is 112 Å². The summed E-state index contributed by atoms with van der Waals surface area (Å²) in [6, 6.07) is 12.0. The minimum absolute atomic E-state index is 0.0350. The number of aliphatic hydroxyl groups excluding tert-OH is 9. The summed E-state index contributed by atoms with van der Waals surface area (Å²) in [4.78, 5) is 27.3. The molecule has 7 rings (SSSR count). The van der Waals surface area contributed by atoms with Crippen LogP contribution in [-0.2, 0) is 23.7 Å². The average Bonchev–Trinajstić information content (AvgIpc) is 3.30. The summed E-state index contributed by atoms with van der Waals surface area (Å²) in [5.41, 5.74) is -0.649. The fourth-order valence-electron chi connectivity index (χ4n) is 7.91. The highest BCUT2D eigenvalue weighted by atomic mass is 16.7. The van der Waals surface area contributed by atoms with Crippen LogP contribution in [0.2, 0.25) is 0 Å². The molecule has 0 aliphatic carbocycles. The lowest BCUT2D eigenvalue weighted by Gasteiger charge is -2.46. The molecule has 12 unspecified atom stereocenters. The molecule has 1 aromatic heterocycles. The van der Waals surface area contributed by atoms with Gasteiger partial charge in [0.15, 0.2) is 23.5 Å². The topological polar surface area (TPSA) is 355 Å². The molecule has 67 heavy (non-hydrogen) atoms. The molecule has 22 nitrogen and oxygen atoms in total. The zero-order chi connectivity index (χ0) is 48.4. The van der Waals surface area contributed by atoms with Crippen molar-refractivity contribution >= 4 is 23.0 Å². The van der Waals surface area contributed by atoms with Crippen molar-refractivity contribution < 1.29 is 104 Å². The van der Waals surface area contributed by atoms with Crippen LogP contribution < -0.4 is 19.6 Å². The number of benzene rings is 3. The predicted molar refractivity (Wildman–Crippen MR) is 227 cm³/mol. The third kappa shape index (κ3) is 10.7. The molecule has 0 saturated carbocycles. The first-order valence-electron chi connectivity index (χ1n) is 21.2. The van der Waals surface area contributed by atoms with Gasteiger partial charge in [-0.15, -0.1) is 0 Å². The van der Waals surface area contributed by atoms with E-state index in [0.29, 0.717) is 5.56 Å². The summed E-state index contributed by atoms with van der Waals surface area (Å²) < 4.78 is 46.4. The second kappa shape index (κ2) is 20.8. The van der Waals surface area contributed by atoms with Crippen LogP contribution in [0.5, 0.6) is 34.5 Å². The van der Waals surface area contributed by atoms with Crippen LogP contribution >= 0.6 is 0 Å². The number of aromatic hydroxyl groups is 3. The Kier molecular flexibility index (Phi) is 15.4. The Morgan fingerprint density at radius 2 is 1.37 bits per heavy atom. The fraction of sp³-hybridized carbons (Fsp3) is 0.467. The maximum atomic E-state index is 14.4. The summed E-state index contributed by atoms with van der Waals surface area (Å²) in [6.45, 7) is 1.42. The molecule has 364 valence electrons. The summed E-state index contributed by atoms with van der Waals surface area (Å²) in [6.07, 6.45) is -19.5. The molecule has 3 aliphatic heterocycles. The van der Waals surface area contributed by atoms with Crippen molar-refractivity contribution in [2.75, 3.05) is 19.8 Å². The minimum atomic E-state index is -1.86. The predicted octanol–water partition coefficient (Wildman–Crippen LogP) is -1.09. The Balaban J connectivity index is 1.18. The highest BCUT2D eigenvalue weighted by Crippen LogP contribution is 2.38. The van der Waals surface area contributed by atoms with E-state index in [1.165, 1.54) is 68.5 Å². The molecule has 0 spiro atoms. The largest absolute Gasteiger partial charge is 0.507 e. The number of ether oxygens (including phenoxy) is 7. The lowest BCUT2D eigenvalue weighted by molar-refractivity contribution is -0.340.